The number of hydrogen-bond donors (Lipinski definition) is 2. The Morgan fingerprint density at radius 1 is 0.906 bits per heavy atom. The fraction of sp³-hybridized carbons (Fsp3) is 0.0800. The normalized spacial score (nSPS) is 10.4. The summed E-state index contributed by atoms with van der Waals surface area (Å²) in [6, 6.07) is 24.3. The molecule has 1 aromatic heterocycles. The number of carbonyl (C=O) groups excluding carboxylic acids is 2. The summed E-state index contributed by atoms with van der Waals surface area (Å²) >= 11 is 1.36. The van der Waals surface area contributed by atoms with Gasteiger partial charge in [0.2, 0.25) is 5.91 Å². The average Bonchev–Trinajstić information content (AvgIpc) is 3.27. The number of anilines is 2. The Bertz CT molecular complexity index is 1200. The number of benzene rings is 3. The zero-order chi connectivity index (χ0) is 22.3. The molecule has 0 atom stereocenters. The molecule has 0 aliphatic rings. The summed E-state index contributed by atoms with van der Waals surface area (Å²) in [5.41, 5.74) is 3.91. The number of thiazole rings is 1. The van der Waals surface area contributed by atoms with E-state index in [4.69, 9.17) is 4.74 Å². The predicted octanol–water partition coefficient (Wildman–Crippen LogP) is 5.60. The quantitative estimate of drug-likeness (QED) is 0.390. The van der Waals surface area contributed by atoms with Gasteiger partial charge in [-0.3, -0.25) is 14.9 Å². The molecule has 32 heavy (non-hydrogen) atoms. The maximum atomic E-state index is 12.6. The third kappa shape index (κ3) is 5.59. The number of para-hydroxylation sites is 1. The van der Waals surface area contributed by atoms with Crippen LogP contribution >= 0.6 is 11.3 Å². The largest absolute Gasteiger partial charge is 0.489 e. The number of amides is 2. The lowest BCUT2D eigenvalue weighted by Gasteiger charge is -2.07. The molecule has 3 aromatic carbocycles. The Balaban J connectivity index is 1.35. The van der Waals surface area contributed by atoms with Crippen LogP contribution < -0.4 is 15.4 Å². The van der Waals surface area contributed by atoms with Gasteiger partial charge in [0, 0.05) is 29.1 Å². The molecule has 0 aliphatic carbocycles. The Labute approximate surface area is 189 Å². The van der Waals surface area contributed by atoms with Crippen LogP contribution in [0, 0.1) is 0 Å². The lowest BCUT2D eigenvalue weighted by molar-refractivity contribution is -0.114. The van der Waals surface area contributed by atoms with Crippen LogP contribution in [0.5, 0.6) is 5.75 Å². The summed E-state index contributed by atoms with van der Waals surface area (Å²) in [5.74, 6) is 0.467. The zero-order valence-electron chi connectivity index (χ0n) is 17.4. The molecule has 6 nitrogen and oxygen atoms in total. The Kier molecular flexibility index (Phi) is 6.57. The summed E-state index contributed by atoms with van der Waals surface area (Å²) in [7, 11) is 0. The molecule has 0 fully saturated rings. The van der Waals surface area contributed by atoms with Crippen LogP contribution in [0.4, 0.5) is 10.8 Å². The molecule has 0 aliphatic heterocycles. The zero-order valence-corrected chi connectivity index (χ0v) is 18.2. The molecule has 4 aromatic rings. The number of carbonyl (C=O) groups is 2. The molecular formula is C25H21N3O3S. The Morgan fingerprint density at radius 2 is 1.62 bits per heavy atom. The van der Waals surface area contributed by atoms with Crippen LogP contribution in [0.15, 0.2) is 84.2 Å². The molecule has 0 unspecified atom stereocenters. The highest BCUT2D eigenvalue weighted by Gasteiger charge is 2.10. The van der Waals surface area contributed by atoms with E-state index in [1.807, 2.05) is 72.1 Å². The van der Waals surface area contributed by atoms with E-state index in [1.165, 1.54) is 18.3 Å². The third-order valence-corrected chi connectivity index (χ3v) is 5.35. The van der Waals surface area contributed by atoms with Crippen molar-refractivity contribution in [1.82, 2.24) is 4.98 Å². The van der Waals surface area contributed by atoms with Crippen molar-refractivity contribution in [2.24, 2.45) is 0 Å². The van der Waals surface area contributed by atoms with Crippen molar-refractivity contribution in [3.8, 4) is 17.0 Å². The highest BCUT2D eigenvalue weighted by Crippen LogP contribution is 2.26. The molecule has 2 N–H and O–H groups in total. The van der Waals surface area contributed by atoms with Crippen molar-refractivity contribution < 1.29 is 14.3 Å². The summed E-state index contributed by atoms with van der Waals surface area (Å²) in [6.07, 6.45) is 0. The van der Waals surface area contributed by atoms with Crippen molar-refractivity contribution in [1.29, 1.82) is 0 Å². The monoisotopic (exact) mass is 443 g/mol. The summed E-state index contributed by atoms with van der Waals surface area (Å²) in [6.45, 7) is 1.90. The minimum atomic E-state index is -0.220. The maximum Gasteiger partial charge on any atom is 0.257 e. The van der Waals surface area contributed by atoms with Gasteiger partial charge in [0.15, 0.2) is 5.13 Å². The lowest BCUT2D eigenvalue weighted by atomic mass is 10.1. The second-order valence-electron chi connectivity index (χ2n) is 7.05. The van der Waals surface area contributed by atoms with Gasteiger partial charge in [0.05, 0.1) is 5.69 Å². The fourth-order valence-corrected chi connectivity index (χ4v) is 3.71. The van der Waals surface area contributed by atoms with Crippen LogP contribution in [0.3, 0.4) is 0 Å². The molecule has 0 bridgehead atoms. The first-order valence-electron chi connectivity index (χ1n) is 9.98. The van der Waals surface area contributed by atoms with Gasteiger partial charge in [-0.2, -0.15) is 0 Å². The van der Waals surface area contributed by atoms with Crippen molar-refractivity contribution in [3.05, 3.63) is 95.4 Å². The first kappa shape index (κ1) is 21.3. The molecule has 0 saturated carbocycles. The van der Waals surface area contributed by atoms with Gasteiger partial charge in [-0.15, -0.1) is 11.3 Å². The topological polar surface area (TPSA) is 80.3 Å². The lowest BCUT2D eigenvalue weighted by Crippen LogP contribution is -2.11. The minimum Gasteiger partial charge on any atom is -0.489 e. The molecular weight excluding hydrogens is 422 g/mol. The van der Waals surface area contributed by atoms with Crippen LogP contribution in [0.25, 0.3) is 11.3 Å². The van der Waals surface area contributed by atoms with E-state index in [0.717, 1.165) is 28.3 Å². The number of nitrogens with one attached hydrogen (secondary N) is 2. The maximum absolute atomic E-state index is 12.6. The van der Waals surface area contributed by atoms with E-state index in [1.54, 1.807) is 12.1 Å². The van der Waals surface area contributed by atoms with Crippen molar-refractivity contribution in [2.75, 3.05) is 10.6 Å². The van der Waals surface area contributed by atoms with E-state index >= 15 is 0 Å². The first-order chi connectivity index (χ1) is 15.6. The fourth-order valence-electron chi connectivity index (χ4n) is 3.00. The van der Waals surface area contributed by atoms with Gasteiger partial charge in [-0.1, -0.05) is 42.5 Å². The Hall–Kier alpha value is -3.97. The molecule has 1 heterocycles. The van der Waals surface area contributed by atoms with Crippen LogP contribution in [0.1, 0.15) is 22.8 Å². The second kappa shape index (κ2) is 9.89. The van der Waals surface area contributed by atoms with Gasteiger partial charge in [-0.25, -0.2) is 4.98 Å². The number of ether oxygens (including phenoxy) is 1. The molecule has 160 valence electrons. The first-order valence-corrected chi connectivity index (χ1v) is 10.9. The summed E-state index contributed by atoms with van der Waals surface area (Å²) in [4.78, 5) is 28.2. The van der Waals surface area contributed by atoms with Crippen LogP contribution in [0.2, 0.25) is 0 Å². The minimum absolute atomic E-state index is 0.117. The summed E-state index contributed by atoms with van der Waals surface area (Å²) < 4.78 is 5.73. The Morgan fingerprint density at radius 3 is 2.31 bits per heavy atom. The standard InChI is InChI=1S/C25H21N3O3S/c1-17(29)26-21-13-11-19(12-14-21)23-16-32-25(27-23)28-24(30)20-9-7-18(8-10-20)15-31-22-5-3-2-4-6-22/h2-14,16H,15H2,1H3,(H,26,29)(H,27,28,30). The average molecular weight is 444 g/mol. The van der Waals surface area contributed by atoms with Gasteiger partial charge in [0.25, 0.3) is 5.91 Å². The van der Waals surface area contributed by atoms with Crippen molar-refractivity contribution >= 4 is 34.0 Å². The van der Waals surface area contributed by atoms with E-state index in [-0.39, 0.29) is 11.8 Å². The van der Waals surface area contributed by atoms with E-state index in [2.05, 4.69) is 15.6 Å². The highest BCUT2D eigenvalue weighted by atomic mass is 32.1. The summed E-state index contributed by atoms with van der Waals surface area (Å²) in [5, 5.41) is 7.98. The molecule has 2 amide bonds. The van der Waals surface area contributed by atoms with Crippen LogP contribution in [-0.4, -0.2) is 16.8 Å². The van der Waals surface area contributed by atoms with Gasteiger partial charge >= 0.3 is 0 Å². The number of nitrogens with zero attached hydrogens (tertiary/aromatic N) is 1. The SMILES string of the molecule is CC(=O)Nc1ccc(-c2csc(NC(=O)c3ccc(COc4ccccc4)cc3)n2)cc1. The number of aromatic nitrogens is 1. The number of hydrogen-bond acceptors (Lipinski definition) is 5. The van der Waals surface area contributed by atoms with Crippen molar-refractivity contribution in [3.63, 3.8) is 0 Å². The second-order valence-corrected chi connectivity index (χ2v) is 7.91. The molecule has 7 heteroatoms. The molecule has 0 spiro atoms. The van der Waals surface area contributed by atoms with Gasteiger partial charge < -0.3 is 10.1 Å². The van der Waals surface area contributed by atoms with Gasteiger partial charge in [-0.05, 0) is 42.0 Å². The van der Waals surface area contributed by atoms with E-state index in [0.29, 0.717) is 17.3 Å². The number of rotatable bonds is 7. The smallest absolute Gasteiger partial charge is 0.257 e. The highest BCUT2D eigenvalue weighted by molar-refractivity contribution is 7.14. The molecule has 0 radical (unpaired) electrons. The molecule has 0 saturated heterocycles. The van der Waals surface area contributed by atoms with Gasteiger partial charge in [0.1, 0.15) is 12.4 Å². The van der Waals surface area contributed by atoms with E-state index in [9.17, 15) is 9.59 Å². The third-order valence-electron chi connectivity index (χ3n) is 4.59. The van der Waals surface area contributed by atoms with Crippen LogP contribution in [-0.2, 0) is 11.4 Å². The van der Waals surface area contributed by atoms with E-state index < -0.39 is 0 Å². The molecule has 4 rings (SSSR count). The van der Waals surface area contributed by atoms with Crippen molar-refractivity contribution in [2.45, 2.75) is 13.5 Å². The predicted molar refractivity (Wildman–Crippen MR) is 127 cm³/mol.